The zero-order chi connectivity index (χ0) is 31.5. The number of nitrogens with zero attached hydrogens (tertiary/aromatic N) is 4. The fourth-order valence-corrected chi connectivity index (χ4v) is 7.02. The van der Waals surface area contributed by atoms with Gasteiger partial charge >= 0.3 is 0 Å². The van der Waals surface area contributed by atoms with Crippen molar-refractivity contribution in [2.45, 2.75) is 6.92 Å². The van der Waals surface area contributed by atoms with Crippen LogP contribution in [0.5, 0.6) is 0 Å². The molecule has 0 N–H and O–H groups in total. The Balaban J connectivity index is 1.24. The molecule has 0 fully saturated rings. The molecule has 47 heavy (non-hydrogen) atoms. The molecule has 0 saturated heterocycles. The SMILES string of the molecule is C=C/C(=C\C=C/C)n1c(-c2ccc(-c3ccc4c(c3)c3ccc5ccccc5c3c3nc5ccccc5n43)cc2)nc2ccccc21. The Morgan fingerprint density at radius 3 is 2.13 bits per heavy atom. The second-order valence-electron chi connectivity index (χ2n) is 11.9. The number of hydrogen-bond acceptors (Lipinski definition) is 2. The lowest BCUT2D eigenvalue weighted by molar-refractivity contribution is 1.15. The molecule has 0 aliphatic rings. The van der Waals surface area contributed by atoms with Crippen LogP contribution in [-0.4, -0.2) is 18.9 Å². The Kier molecular flexibility index (Phi) is 6.15. The van der Waals surface area contributed by atoms with Gasteiger partial charge in [0.05, 0.1) is 27.6 Å². The van der Waals surface area contributed by atoms with Crippen LogP contribution in [0.25, 0.3) is 88.4 Å². The summed E-state index contributed by atoms with van der Waals surface area (Å²) in [6.07, 6.45) is 8.01. The van der Waals surface area contributed by atoms with Crippen LogP contribution in [0.15, 0.2) is 158 Å². The van der Waals surface area contributed by atoms with Crippen molar-refractivity contribution in [3.8, 4) is 22.5 Å². The minimum atomic E-state index is 0.888. The second kappa shape index (κ2) is 10.7. The highest BCUT2D eigenvalue weighted by Crippen LogP contribution is 2.38. The summed E-state index contributed by atoms with van der Waals surface area (Å²) in [6.45, 7) is 6.12. The standard InChI is InChI=1S/C43H30N4/c1-3-5-13-32(4-2)46-39-17-10-8-15-36(39)44-42(46)30-21-19-28(20-22-30)31-24-26-38-35(27-31)34-25-23-29-12-6-7-14-33(29)41(34)43-45-37-16-9-11-18-40(37)47(38)43/h3-27H,2H2,1H3/b5-3-,32-13+. The van der Waals surface area contributed by atoms with Gasteiger partial charge in [0.2, 0.25) is 0 Å². The minimum Gasteiger partial charge on any atom is -0.292 e. The van der Waals surface area contributed by atoms with Crippen molar-refractivity contribution < 1.29 is 0 Å². The smallest absolute Gasteiger partial charge is 0.147 e. The van der Waals surface area contributed by atoms with E-state index in [0.29, 0.717) is 0 Å². The molecule has 6 aromatic carbocycles. The molecule has 3 heterocycles. The summed E-state index contributed by atoms with van der Waals surface area (Å²) < 4.78 is 4.51. The van der Waals surface area contributed by atoms with E-state index < -0.39 is 0 Å². The summed E-state index contributed by atoms with van der Waals surface area (Å²) in [5, 5.41) is 6.02. The van der Waals surface area contributed by atoms with Crippen LogP contribution in [0.1, 0.15) is 6.92 Å². The van der Waals surface area contributed by atoms with Crippen LogP contribution in [-0.2, 0) is 0 Å². The normalized spacial score (nSPS) is 12.5. The van der Waals surface area contributed by atoms with Gasteiger partial charge in [-0.1, -0.05) is 110 Å². The Hall–Kier alpha value is -6.26. The van der Waals surface area contributed by atoms with Crippen LogP contribution in [0.4, 0.5) is 0 Å². The van der Waals surface area contributed by atoms with Gasteiger partial charge in [-0.15, -0.1) is 0 Å². The van der Waals surface area contributed by atoms with Gasteiger partial charge in [-0.2, -0.15) is 0 Å². The molecule has 0 atom stereocenters. The number of pyridine rings is 1. The lowest BCUT2D eigenvalue weighted by Crippen LogP contribution is -1.98. The largest absolute Gasteiger partial charge is 0.292 e. The van der Waals surface area contributed by atoms with E-state index in [4.69, 9.17) is 9.97 Å². The van der Waals surface area contributed by atoms with Crippen molar-refractivity contribution in [2.24, 2.45) is 0 Å². The summed E-state index contributed by atoms with van der Waals surface area (Å²) >= 11 is 0. The highest BCUT2D eigenvalue weighted by molar-refractivity contribution is 6.23. The van der Waals surface area contributed by atoms with Crippen LogP contribution < -0.4 is 0 Å². The fourth-order valence-electron chi connectivity index (χ4n) is 7.02. The first kappa shape index (κ1) is 27.1. The predicted octanol–water partition coefficient (Wildman–Crippen LogP) is 11.2. The summed E-state index contributed by atoms with van der Waals surface area (Å²) in [4.78, 5) is 10.2. The molecule has 4 heteroatoms. The van der Waals surface area contributed by atoms with Gasteiger partial charge in [0, 0.05) is 22.0 Å². The summed E-state index contributed by atoms with van der Waals surface area (Å²) in [6, 6.07) is 45.3. The lowest BCUT2D eigenvalue weighted by Gasteiger charge is -2.13. The van der Waals surface area contributed by atoms with Gasteiger partial charge < -0.3 is 0 Å². The zero-order valence-corrected chi connectivity index (χ0v) is 25.9. The van der Waals surface area contributed by atoms with Crippen molar-refractivity contribution in [2.75, 3.05) is 0 Å². The number of hydrogen-bond donors (Lipinski definition) is 0. The van der Waals surface area contributed by atoms with E-state index in [2.05, 4.69) is 143 Å². The number of aromatic nitrogens is 4. The molecule has 3 aromatic heterocycles. The zero-order valence-electron chi connectivity index (χ0n) is 25.9. The molecule has 9 aromatic rings. The van der Waals surface area contributed by atoms with Gasteiger partial charge in [-0.05, 0) is 82.8 Å². The van der Waals surface area contributed by atoms with Crippen molar-refractivity contribution in [1.29, 1.82) is 0 Å². The molecule has 0 spiro atoms. The highest BCUT2D eigenvalue weighted by Gasteiger charge is 2.17. The molecule has 0 saturated carbocycles. The van der Waals surface area contributed by atoms with E-state index in [-0.39, 0.29) is 0 Å². The predicted molar refractivity (Wildman–Crippen MR) is 199 cm³/mol. The van der Waals surface area contributed by atoms with Gasteiger partial charge in [0.1, 0.15) is 11.5 Å². The average molecular weight is 603 g/mol. The summed E-state index contributed by atoms with van der Waals surface area (Å²) in [7, 11) is 0. The van der Waals surface area contributed by atoms with Crippen LogP contribution in [0.2, 0.25) is 0 Å². The van der Waals surface area contributed by atoms with Gasteiger partial charge in [-0.25, -0.2) is 9.97 Å². The van der Waals surface area contributed by atoms with E-state index in [1.54, 1.807) is 0 Å². The number of imidazole rings is 2. The Labute approximate surface area is 271 Å². The first-order valence-electron chi connectivity index (χ1n) is 15.9. The maximum atomic E-state index is 5.16. The van der Waals surface area contributed by atoms with Crippen LogP contribution in [0, 0.1) is 0 Å². The minimum absolute atomic E-state index is 0.888. The second-order valence-corrected chi connectivity index (χ2v) is 11.9. The summed E-state index contributed by atoms with van der Waals surface area (Å²) in [5.74, 6) is 0.888. The van der Waals surface area contributed by atoms with E-state index in [9.17, 15) is 0 Å². The third kappa shape index (κ3) is 4.15. The van der Waals surface area contributed by atoms with E-state index in [1.807, 2.05) is 31.2 Å². The molecule has 9 rings (SSSR count). The number of fused-ring (bicyclic) bond motifs is 11. The third-order valence-electron chi connectivity index (χ3n) is 9.21. The van der Waals surface area contributed by atoms with Gasteiger partial charge in [-0.3, -0.25) is 8.97 Å². The van der Waals surface area contributed by atoms with E-state index >= 15 is 0 Å². The molecular weight excluding hydrogens is 573 g/mol. The van der Waals surface area contributed by atoms with Crippen molar-refractivity contribution in [3.05, 3.63) is 158 Å². The van der Waals surface area contributed by atoms with Crippen LogP contribution >= 0.6 is 0 Å². The summed E-state index contributed by atoms with van der Waals surface area (Å²) in [5.41, 5.74) is 10.6. The quantitative estimate of drug-likeness (QED) is 0.145. The highest BCUT2D eigenvalue weighted by atomic mass is 15.1. The lowest BCUT2D eigenvalue weighted by atomic mass is 9.96. The fraction of sp³-hybridized carbons (Fsp3) is 0.0233. The molecule has 0 radical (unpaired) electrons. The average Bonchev–Trinajstić information content (AvgIpc) is 3.71. The molecule has 0 aliphatic carbocycles. The maximum Gasteiger partial charge on any atom is 0.147 e. The number of benzene rings is 6. The molecule has 0 unspecified atom stereocenters. The van der Waals surface area contributed by atoms with Gasteiger partial charge in [0.25, 0.3) is 0 Å². The topological polar surface area (TPSA) is 35.1 Å². The Bertz CT molecular complexity index is 2750. The molecule has 0 amide bonds. The Morgan fingerprint density at radius 2 is 1.32 bits per heavy atom. The number of para-hydroxylation sites is 4. The third-order valence-corrected chi connectivity index (χ3v) is 9.21. The molecule has 222 valence electrons. The van der Waals surface area contributed by atoms with Crippen molar-refractivity contribution in [1.82, 2.24) is 18.9 Å². The number of allylic oxidation sites excluding steroid dienone is 5. The Morgan fingerprint density at radius 1 is 0.617 bits per heavy atom. The number of rotatable bonds is 5. The maximum absolute atomic E-state index is 5.16. The van der Waals surface area contributed by atoms with E-state index in [0.717, 1.165) is 61.4 Å². The van der Waals surface area contributed by atoms with Crippen molar-refractivity contribution >= 4 is 65.9 Å². The first-order chi connectivity index (χ1) is 23.2. The first-order valence-corrected chi connectivity index (χ1v) is 15.9. The monoisotopic (exact) mass is 602 g/mol. The van der Waals surface area contributed by atoms with Crippen LogP contribution in [0.3, 0.4) is 0 Å². The van der Waals surface area contributed by atoms with E-state index in [1.165, 1.54) is 26.9 Å². The molecule has 0 aliphatic heterocycles. The molecule has 0 bridgehead atoms. The van der Waals surface area contributed by atoms with Gasteiger partial charge in [0.15, 0.2) is 0 Å². The molecular formula is C43H30N4. The molecule has 4 nitrogen and oxygen atoms in total. The van der Waals surface area contributed by atoms with Crippen molar-refractivity contribution in [3.63, 3.8) is 0 Å².